The Kier molecular flexibility index (Phi) is 3.74. The number of rotatable bonds is 4. The molecule has 4 nitrogen and oxygen atoms in total. The fourth-order valence-electron chi connectivity index (χ4n) is 1.61. The Hall–Kier alpha value is -1.42. The number of hydrogen-bond donors (Lipinski definition) is 0. The zero-order valence-electron chi connectivity index (χ0n) is 10.0. The second kappa shape index (κ2) is 5.27. The molecule has 2 heterocycles. The van der Waals surface area contributed by atoms with Gasteiger partial charge in [-0.15, -0.1) is 0 Å². The summed E-state index contributed by atoms with van der Waals surface area (Å²) in [6.07, 6.45) is 6.76. The van der Waals surface area contributed by atoms with Gasteiger partial charge in [-0.05, 0) is 6.42 Å². The summed E-state index contributed by atoms with van der Waals surface area (Å²) >= 11 is 6.01. The number of halogens is 1. The van der Waals surface area contributed by atoms with Crippen molar-refractivity contribution in [2.75, 3.05) is 0 Å². The van der Waals surface area contributed by atoms with Crippen LogP contribution in [0.2, 0.25) is 5.15 Å². The zero-order chi connectivity index (χ0) is 12.3. The third-order valence-electron chi connectivity index (χ3n) is 2.50. The van der Waals surface area contributed by atoms with Crippen molar-refractivity contribution in [1.82, 2.24) is 19.7 Å². The number of nitrogens with zero attached hydrogens (tertiary/aromatic N) is 4. The maximum Gasteiger partial charge on any atom is 0.133 e. The molecule has 0 aliphatic heterocycles. The van der Waals surface area contributed by atoms with Crippen molar-refractivity contribution >= 4 is 11.6 Å². The van der Waals surface area contributed by atoms with Gasteiger partial charge in [0.1, 0.15) is 11.0 Å². The lowest BCUT2D eigenvalue weighted by molar-refractivity contribution is 0.753. The van der Waals surface area contributed by atoms with Crippen LogP contribution in [0.4, 0.5) is 0 Å². The van der Waals surface area contributed by atoms with E-state index < -0.39 is 0 Å². The summed E-state index contributed by atoms with van der Waals surface area (Å²) in [5.41, 5.74) is 1.80. The molecule has 2 aromatic heterocycles. The van der Waals surface area contributed by atoms with E-state index in [-0.39, 0.29) is 0 Å². The van der Waals surface area contributed by atoms with Gasteiger partial charge in [-0.1, -0.05) is 24.9 Å². The molecule has 0 fully saturated rings. The summed E-state index contributed by atoms with van der Waals surface area (Å²) in [6.45, 7) is 2.15. The number of aromatic nitrogens is 4. The average molecular weight is 251 g/mol. The molecule has 17 heavy (non-hydrogen) atoms. The van der Waals surface area contributed by atoms with Gasteiger partial charge in [0, 0.05) is 31.3 Å². The minimum Gasteiger partial charge on any atom is -0.275 e. The molecular formula is C12H15ClN4. The average Bonchev–Trinajstić information content (AvgIpc) is 2.72. The Morgan fingerprint density at radius 2 is 2.18 bits per heavy atom. The molecule has 2 aromatic rings. The van der Waals surface area contributed by atoms with Gasteiger partial charge in [0.05, 0.1) is 11.9 Å². The topological polar surface area (TPSA) is 43.6 Å². The van der Waals surface area contributed by atoms with E-state index in [0.29, 0.717) is 5.15 Å². The maximum atomic E-state index is 6.01. The van der Waals surface area contributed by atoms with Gasteiger partial charge < -0.3 is 0 Å². The van der Waals surface area contributed by atoms with E-state index in [4.69, 9.17) is 11.6 Å². The van der Waals surface area contributed by atoms with E-state index in [1.165, 1.54) is 0 Å². The van der Waals surface area contributed by atoms with Crippen molar-refractivity contribution in [3.8, 4) is 11.3 Å². The molecule has 90 valence electrons. The van der Waals surface area contributed by atoms with Crippen LogP contribution in [0.25, 0.3) is 11.3 Å². The van der Waals surface area contributed by atoms with Crippen LogP contribution in [0.5, 0.6) is 0 Å². The first-order valence-corrected chi connectivity index (χ1v) is 6.09. The second-order valence-corrected chi connectivity index (χ2v) is 4.39. The molecule has 0 bridgehead atoms. The molecule has 0 N–H and O–H groups in total. The molecule has 0 amide bonds. The Labute approximate surface area is 106 Å². The normalized spacial score (nSPS) is 10.8. The van der Waals surface area contributed by atoms with E-state index in [0.717, 1.165) is 36.3 Å². The third-order valence-corrected chi connectivity index (χ3v) is 2.69. The van der Waals surface area contributed by atoms with Crippen molar-refractivity contribution in [3.05, 3.63) is 29.4 Å². The highest BCUT2D eigenvalue weighted by Gasteiger charge is 2.07. The van der Waals surface area contributed by atoms with Gasteiger partial charge in [0.2, 0.25) is 0 Å². The Balaban J connectivity index is 2.31. The van der Waals surface area contributed by atoms with Gasteiger partial charge >= 0.3 is 0 Å². The van der Waals surface area contributed by atoms with Crippen LogP contribution in [-0.4, -0.2) is 19.7 Å². The van der Waals surface area contributed by atoms with Crippen LogP contribution in [0.1, 0.15) is 25.6 Å². The monoisotopic (exact) mass is 250 g/mol. The first kappa shape index (κ1) is 12.0. The van der Waals surface area contributed by atoms with Crippen LogP contribution in [0.3, 0.4) is 0 Å². The largest absolute Gasteiger partial charge is 0.275 e. The van der Waals surface area contributed by atoms with E-state index in [9.17, 15) is 0 Å². The van der Waals surface area contributed by atoms with E-state index in [1.807, 2.05) is 13.2 Å². The highest BCUT2D eigenvalue weighted by molar-refractivity contribution is 6.29. The van der Waals surface area contributed by atoms with Gasteiger partial charge in [-0.3, -0.25) is 4.68 Å². The lowest BCUT2D eigenvalue weighted by atomic mass is 10.2. The summed E-state index contributed by atoms with van der Waals surface area (Å²) in [6, 6.07) is 1.77. The molecule has 5 heteroatoms. The van der Waals surface area contributed by atoms with Gasteiger partial charge in [0.25, 0.3) is 0 Å². The van der Waals surface area contributed by atoms with E-state index in [2.05, 4.69) is 22.0 Å². The molecule has 2 rings (SSSR count). The minimum atomic E-state index is 0.491. The minimum absolute atomic E-state index is 0.491. The van der Waals surface area contributed by atoms with Crippen molar-refractivity contribution in [3.63, 3.8) is 0 Å². The highest BCUT2D eigenvalue weighted by Crippen LogP contribution is 2.19. The number of unbranched alkanes of at least 4 members (excludes halogenated alkanes) is 1. The van der Waals surface area contributed by atoms with Gasteiger partial charge in [-0.25, -0.2) is 9.97 Å². The van der Waals surface area contributed by atoms with Crippen molar-refractivity contribution < 1.29 is 0 Å². The molecule has 0 unspecified atom stereocenters. The van der Waals surface area contributed by atoms with Crippen molar-refractivity contribution in [1.29, 1.82) is 0 Å². The lowest BCUT2D eigenvalue weighted by Crippen LogP contribution is -1.97. The molecule has 0 aliphatic rings. The van der Waals surface area contributed by atoms with Crippen molar-refractivity contribution in [2.24, 2.45) is 7.05 Å². The fraction of sp³-hybridized carbons (Fsp3) is 0.417. The number of aryl methyl sites for hydroxylation is 2. The number of hydrogen-bond acceptors (Lipinski definition) is 3. The van der Waals surface area contributed by atoms with Crippen LogP contribution in [-0.2, 0) is 13.5 Å². The van der Waals surface area contributed by atoms with E-state index >= 15 is 0 Å². The first-order valence-electron chi connectivity index (χ1n) is 5.71. The highest BCUT2D eigenvalue weighted by atomic mass is 35.5. The zero-order valence-corrected chi connectivity index (χ0v) is 10.8. The molecule has 0 aromatic carbocycles. The molecule has 0 saturated carbocycles. The summed E-state index contributed by atoms with van der Waals surface area (Å²) in [5.74, 6) is 0.804. The summed E-state index contributed by atoms with van der Waals surface area (Å²) in [4.78, 5) is 8.74. The maximum absolute atomic E-state index is 6.01. The van der Waals surface area contributed by atoms with E-state index in [1.54, 1.807) is 16.9 Å². The van der Waals surface area contributed by atoms with Gasteiger partial charge in [0.15, 0.2) is 0 Å². The van der Waals surface area contributed by atoms with Crippen LogP contribution >= 0.6 is 11.6 Å². The summed E-state index contributed by atoms with van der Waals surface area (Å²) < 4.78 is 1.75. The Morgan fingerprint density at radius 1 is 1.35 bits per heavy atom. The quantitative estimate of drug-likeness (QED) is 0.784. The summed E-state index contributed by atoms with van der Waals surface area (Å²) in [5, 5.41) is 4.62. The van der Waals surface area contributed by atoms with Crippen molar-refractivity contribution in [2.45, 2.75) is 26.2 Å². The molecule has 0 radical (unpaired) electrons. The second-order valence-electron chi connectivity index (χ2n) is 4.00. The van der Waals surface area contributed by atoms with Crippen LogP contribution < -0.4 is 0 Å². The Morgan fingerprint density at radius 3 is 2.82 bits per heavy atom. The van der Waals surface area contributed by atoms with Crippen LogP contribution in [0, 0.1) is 0 Å². The summed E-state index contributed by atoms with van der Waals surface area (Å²) in [7, 11) is 1.88. The first-order chi connectivity index (χ1) is 8.19. The fourth-order valence-corrected chi connectivity index (χ4v) is 1.81. The third kappa shape index (κ3) is 3.03. The Bertz CT molecular complexity index is 507. The smallest absolute Gasteiger partial charge is 0.133 e. The SMILES string of the molecule is CCCCc1nc(Cl)cc(-c2cnn(C)c2)n1. The molecule has 0 atom stereocenters. The van der Waals surface area contributed by atoms with Crippen LogP contribution in [0.15, 0.2) is 18.5 Å². The molecule has 0 saturated heterocycles. The predicted molar refractivity (Wildman–Crippen MR) is 67.9 cm³/mol. The molecular weight excluding hydrogens is 236 g/mol. The lowest BCUT2D eigenvalue weighted by Gasteiger charge is -2.02. The predicted octanol–water partition coefficient (Wildman–Crippen LogP) is 2.87. The molecule has 0 spiro atoms. The standard InChI is InChI=1S/C12H15ClN4/c1-3-4-5-12-15-10(6-11(13)16-12)9-7-14-17(2)8-9/h6-8H,3-5H2,1-2H3. The molecule has 0 aliphatic carbocycles. The van der Waals surface area contributed by atoms with Gasteiger partial charge in [-0.2, -0.15) is 5.10 Å².